The lowest BCUT2D eigenvalue weighted by Crippen LogP contribution is -2.22. The van der Waals surface area contributed by atoms with Crippen LogP contribution < -0.4 is 9.64 Å². The lowest BCUT2D eigenvalue weighted by atomic mass is 10.1. The number of ether oxygens (including phenoxy) is 1. The summed E-state index contributed by atoms with van der Waals surface area (Å²) < 4.78 is 5.17. The molecule has 0 aliphatic carbocycles. The van der Waals surface area contributed by atoms with Crippen molar-refractivity contribution in [2.45, 2.75) is 6.04 Å². The molecule has 1 unspecified atom stereocenters. The molecule has 2 aromatic carbocycles. The molecule has 4 nitrogen and oxygen atoms in total. The van der Waals surface area contributed by atoms with Crippen LogP contribution in [0.25, 0.3) is 0 Å². The first-order chi connectivity index (χ1) is 9.78. The molecular weight excluding hydrogens is 252 g/mol. The van der Waals surface area contributed by atoms with E-state index in [1.54, 1.807) is 7.11 Å². The molecule has 1 fully saturated rings. The van der Waals surface area contributed by atoms with Gasteiger partial charge in [0.05, 0.1) is 19.8 Å². The summed E-state index contributed by atoms with van der Waals surface area (Å²) in [6, 6.07) is 18.0. The maximum Gasteiger partial charge on any atom is 0.119 e. The fourth-order valence-electron chi connectivity index (χ4n) is 2.57. The quantitative estimate of drug-likeness (QED) is 0.930. The monoisotopic (exact) mass is 270 g/mol. The summed E-state index contributed by atoms with van der Waals surface area (Å²) in [5.41, 5.74) is 2.22. The molecule has 20 heavy (non-hydrogen) atoms. The van der Waals surface area contributed by atoms with Gasteiger partial charge < -0.3 is 14.8 Å². The highest BCUT2D eigenvalue weighted by molar-refractivity contribution is 5.50. The first-order valence-electron chi connectivity index (χ1n) is 6.67. The fourth-order valence-corrected chi connectivity index (χ4v) is 2.57. The van der Waals surface area contributed by atoms with Crippen molar-refractivity contribution in [2.24, 2.45) is 0 Å². The first-order valence-corrected chi connectivity index (χ1v) is 6.67. The van der Waals surface area contributed by atoms with Gasteiger partial charge in [0.25, 0.3) is 0 Å². The average molecular weight is 270 g/mol. The van der Waals surface area contributed by atoms with Crippen molar-refractivity contribution in [1.29, 1.82) is 0 Å². The topological polar surface area (TPSA) is 35.9 Å². The third kappa shape index (κ3) is 2.48. The molecule has 1 atom stereocenters. The van der Waals surface area contributed by atoms with Crippen molar-refractivity contribution in [3.8, 4) is 5.75 Å². The fraction of sp³-hybridized carbons (Fsp3) is 0.250. The van der Waals surface area contributed by atoms with Gasteiger partial charge in [-0.15, -0.1) is 0 Å². The highest BCUT2D eigenvalue weighted by Gasteiger charge is 2.30. The van der Waals surface area contributed by atoms with E-state index >= 15 is 0 Å². The maximum absolute atomic E-state index is 10.1. The van der Waals surface area contributed by atoms with Gasteiger partial charge in [0.15, 0.2) is 0 Å². The molecule has 1 saturated heterocycles. The number of rotatable bonds is 3. The van der Waals surface area contributed by atoms with Crippen LogP contribution in [0.15, 0.2) is 54.6 Å². The second-order valence-corrected chi connectivity index (χ2v) is 4.93. The molecule has 1 aliphatic rings. The van der Waals surface area contributed by atoms with Crippen LogP contribution in [0.2, 0.25) is 0 Å². The number of hydrogen-bond donors (Lipinski definition) is 1. The van der Waals surface area contributed by atoms with Gasteiger partial charge in [-0.25, -0.2) is 0 Å². The van der Waals surface area contributed by atoms with Gasteiger partial charge in [0.2, 0.25) is 0 Å². The molecule has 3 rings (SSSR count). The Morgan fingerprint density at radius 3 is 2.40 bits per heavy atom. The lowest BCUT2D eigenvalue weighted by Gasteiger charge is -2.17. The van der Waals surface area contributed by atoms with E-state index in [0.717, 1.165) is 23.5 Å². The van der Waals surface area contributed by atoms with Gasteiger partial charge in [-0.1, -0.05) is 30.3 Å². The Morgan fingerprint density at radius 2 is 1.75 bits per heavy atom. The minimum atomic E-state index is 0.0123. The number of nitrogens with zero attached hydrogens (tertiary/aromatic N) is 2. The molecule has 0 aromatic heterocycles. The van der Waals surface area contributed by atoms with Gasteiger partial charge in [0.1, 0.15) is 5.75 Å². The van der Waals surface area contributed by atoms with Crippen molar-refractivity contribution in [3.05, 3.63) is 60.2 Å². The number of hydroxylamine groups is 2. The Morgan fingerprint density at radius 1 is 1.05 bits per heavy atom. The molecule has 0 saturated carbocycles. The molecule has 0 bridgehead atoms. The molecule has 2 aromatic rings. The van der Waals surface area contributed by atoms with E-state index in [0.29, 0.717) is 6.67 Å². The minimum absolute atomic E-state index is 0.0123. The molecule has 104 valence electrons. The zero-order chi connectivity index (χ0) is 13.9. The average Bonchev–Trinajstić information content (AvgIpc) is 2.90. The van der Waals surface area contributed by atoms with Crippen molar-refractivity contribution in [1.82, 2.24) is 5.06 Å². The Hall–Kier alpha value is -2.04. The van der Waals surface area contributed by atoms with Crippen LogP contribution >= 0.6 is 0 Å². The molecule has 1 N–H and O–H groups in total. The highest BCUT2D eigenvalue weighted by Crippen LogP contribution is 2.30. The van der Waals surface area contributed by atoms with Gasteiger partial charge in [-0.05, 0) is 29.8 Å². The third-order valence-electron chi connectivity index (χ3n) is 3.69. The molecular formula is C16H18N2O2. The summed E-state index contributed by atoms with van der Waals surface area (Å²) in [6.45, 7) is 1.28. The summed E-state index contributed by atoms with van der Waals surface area (Å²) in [6.07, 6.45) is 0. The largest absolute Gasteiger partial charge is 0.497 e. The van der Waals surface area contributed by atoms with Gasteiger partial charge in [-0.2, -0.15) is 5.06 Å². The van der Waals surface area contributed by atoms with E-state index in [1.807, 2.05) is 54.6 Å². The van der Waals surface area contributed by atoms with Crippen LogP contribution in [0, 0.1) is 0 Å². The number of anilines is 1. The van der Waals surface area contributed by atoms with E-state index in [4.69, 9.17) is 4.74 Å². The first kappa shape index (κ1) is 13.0. The van der Waals surface area contributed by atoms with E-state index in [1.165, 1.54) is 5.06 Å². The van der Waals surface area contributed by atoms with Crippen LogP contribution in [0.3, 0.4) is 0 Å². The van der Waals surface area contributed by atoms with Crippen molar-refractivity contribution in [2.75, 3.05) is 25.2 Å². The normalized spacial score (nSPS) is 19.3. The number of benzene rings is 2. The molecule has 4 heteroatoms. The lowest BCUT2D eigenvalue weighted by molar-refractivity contribution is -0.101. The minimum Gasteiger partial charge on any atom is -0.497 e. The summed E-state index contributed by atoms with van der Waals surface area (Å²) in [5, 5.41) is 11.5. The summed E-state index contributed by atoms with van der Waals surface area (Å²) >= 11 is 0. The van der Waals surface area contributed by atoms with Crippen molar-refractivity contribution >= 4 is 5.69 Å². The zero-order valence-electron chi connectivity index (χ0n) is 11.4. The third-order valence-corrected chi connectivity index (χ3v) is 3.69. The highest BCUT2D eigenvalue weighted by atomic mass is 16.5. The van der Waals surface area contributed by atoms with Crippen molar-refractivity contribution < 1.29 is 9.94 Å². The Kier molecular flexibility index (Phi) is 3.58. The SMILES string of the molecule is COc1ccc(N2CC(c3ccccc3)N(O)C2)cc1. The van der Waals surface area contributed by atoms with Crippen molar-refractivity contribution in [3.63, 3.8) is 0 Å². The summed E-state index contributed by atoms with van der Waals surface area (Å²) in [5.74, 6) is 0.841. The smallest absolute Gasteiger partial charge is 0.119 e. The molecule has 1 heterocycles. The molecule has 0 spiro atoms. The number of methoxy groups -OCH3 is 1. The van der Waals surface area contributed by atoms with Gasteiger partial charge in [-0.3, -0.25) is 0 Å². The Bertz CT molecular complexity index is 556. The predicted octanol–water partition coefficient (Wildman–Crippen LogP) is 2.91. The van der Waals surface area contributed by atoms with E-state index in [2.05, 4.69) is 4.90 Å². The van der Waals surface area contributed by atoms with Crippen LogP contribution in [-0.2, 0) is 0 Å². The second kappa shape index (κ2) is 5.53. The second-order valence-electron chi connectivity index (χ2n) is 4.93. The van der Waals surface area contributed by atoms with E-state index in [-0.39, 0.29) is 6.04 Å². The van der Waals surface area contributed by atoms with Gasteiger partial charge >= 0.3 is 0 Å². The maximum atomic E-state index is 10.1. The molecule has 1 aliphatic heterocycles. The van der Waals surface area contributed by atoms with E-state index < -0.39 is 0 Å². The van der Waals surface area contributed by atoms with Gasteiger partial charge in [0, 0.05) is 12.2 Å². The Labute approximate surface area is 118 Å². The van der Waals surface area contributed by atoms with E-state index in [9.17, 15) is 5.21 Å². The summed E-state index contributed by atoms with van der Waals surface area (Å²) in [7, 11) is 1.66. The standard InChI is InChI=1S/C16H18N2O2/c1-20-15-9-7-14(8-10-15)17-11-16(18(19)12-17)13-5-3-2-4-6-13/h2-10,16,19H,11-12H2,1H3. The zero-order valence-corrected chi connectivity index (χ0v) is 11.4. The number of hydrogen-bond acceptors (Lipinski definition) is 4. The van der Waals surface area contributed by atoms with Crippen LogP contribution in [0.4, 0.5) is 5.69 Å². The molecule has 0 radical (unpaired) electrons. The summed E-state index contributed by atoms with van der Waals surface area (Å²) in [4.78, 5) is 2.15. The van der Waals surface area contributed by atoms with Crippen LogP contribution in [-0.4, -0.2) is 30.6 Å². The predicted molar refractivity (Wildman–Crippen MR) is 78.0 cm³/mol. The molecule has 0 amide bonds. The van der Waals surface area contributed by atoms with Crippen LogP contribution in [0.5, 0.6) is 5.75 Å². The Balaban J connectivity index is 1.77. The van der Waals surface area contributed by atoms with Crippen LogP contribution in [0.1, 0.15) is 11.6 Å².